The van der Waals surface area contributed by atoms with Crippen molar-refractivity contribution in [3.05, 3.63) is 65.5 Å². The van der Waals surface area contributed by atoms with Crippen molar-refractivity contribution < 1.29 is 23.9 Å². The van der Waals surface area contributed by atoms with Crippen LogP contribution in [-0.4, -0.2) is 58.6 Å². The van der Waals surface area contributed by atoms with E-state index in [2.05, 4.69) is 20.8 Å². The van der Waals surface area contributed by atoms with Crippen molar-refractivity contribution in [2.75, 3.05) is 31.3 Å². The highest BCUT2D eigenvalue weighted by molar-refractivity contribution is 7.99. The zero-order valence-electron chi connectivity index (χ0n) is 20.4. The highest BCUT2D eigenvalue weighted by Gasteiger charge is 2.14. The predicted molar refractivity (Wildman–Crippen MR) is 136 cm³/mol. The monoisotopic (exact) mass is 511 g/mol. The number of hydrogen-bond donors (Lipinski definition) is 2. The van der Waals surface area contributed by atoms with Gasteiger partial charge in [-0.1, -0.05) is 11.8 Å². The minimum atomic E-state index is -0.402. The van der Waals surface area contributed by atoms with Crippen LogP contribution in [0.3, 0.4) is 0 Å². The van der Waals surface area contributed by atoms with E-state index in [1.807, 2.05) is 11.5 Å². The molecule has 0 saturated carbocycles. The van der Waals surface area contributed by atoms with Gasteiger partial charge in [-0.15, -0.1) is 10.2 Å². The smallest absolute Gasteiger partial charge is 0.338 e. The van der Waals surface area contributed by atoms with E-state index in [9.17, 15) is 14.4 Å². The Bertz CT molecular complexity index is 1180. The minimum Gasteiger partial charge on any atom is -0.497 e. The Hall–Kier alpha value is -3.86. The summed E-state index contributed by atoms with van der Waals surface area (Å²) >= 11 is 1.28. The van der Waals surface area contributed by atoms with Gasteiger partial charge in [0.1, 0.15) is 11.6 Å². The van der Waals surface area contributed by atoms with Crippen molar-refractivity contribution in [3.63, 3.8) is 0 Å². The average Bonchev–Trinajstić information content (AvgIpc) is 3.29. The van der Waals surface area contributed by atoms with Gasteiger partial charge in [0.05, 0.1) is 25.0 Å². The fourth-order valence-corrected chi connectivity index (χ4v) is 4.11. The summed E-state index contributed by atoms with van der Waals surface area (Å²) in [6, 6.07) is 13.4. The normalized spacial score (nSPS) is 10.5. The lowest BCUT2D eigenvalue weighted by atomic mass is 10.2. The van der Waals surface area contributed by atoms with Crippen LogP contribution >= 0.6 is 11.8 Å². The Morgan fingerprint density at radius 3 is 2.31 bits per heavy atom. The van der Waals surface area contributed by atoms with Crippen LogP contribution < -0.4 is 15.4 Å². The van der Waals surface area contributed by atoms with Crippen LogP contribution in [0.25, 0.3) is 0 Å². The molecule has 190 valence electrons. The first kappa shape index (κ1) is 26.7. The molecule has 0 fully saturated rings. The first-order valence-corrected chi connectivity index (χ1v) is 12.5. The van der Waals surface area contributed by atoms with E-state index in [0.717, 1.165) is 5.82 Å². The summed E-state index contributed by atoms with van der Waals surface area (Å²) < 4.78 is 12.0. The third-order valence-electron chi connectivity index (χ3n) is 5.11. The topological polar surface area (TPSA) is 124 Å². The second-order valence-electron chi connectivity index (χ2n) is 7.51. The molecule has 3 aromatic rings. The maximum Gasteiger partial charge on any atom is 0.338 e. The molecule has 0 unspecified atom stereocenters. The molecular weight excluding hydrogens is 482 g/mol. The fourth-order valence-electron chi connectivity index (χ4n) is 3.29. The summed E-state index contributed by atoms with van der Waals surface area (Å²) in [6.07, 6.45) is 0.502. The molecule has 0 bridgehead atoms. The van der Waals surface area contributed by atoms with Gasteiger partial charge in [-0.05, 0) is 62.4 Å². The number of ether oxygens (including phenoxy) is 2. The van der Waals surface area contributed by atoms with Gasteiger partial charge in [-0.25, -0.2) is 4.79 Å². The number of anilines is 1. The molecule has 1 aromatic heterocycles. The van der Waals surface area contributed by atoms with Crippen LogP contribution in [0.1, 0.15) is 40.4 Å². The number of hydrogen-bond acceptors (Lipinski definition) is 8. The van der Waals surface area contributed by atoms with Crippen LogP contribution in [0.4, 0.5) is 5.69 Å². The van der Waals surface area contributed by atoms with Gasteiger partial charge in [0.15, 0.2) is 5.16 Å². The highest BCUT2D eigenvalue weighted by Crippen LogP contribution is 2.18. The molecule has 0 aliphatic carbocycles. The van der Waals surface area contributed by atoms with Crippen molar-refractivity contribution in [2.45, 2.75) is 32.0 Å². The first-order valence-electron chi connectivity index (χ1n) is 11.5. The maximum absolute atomic E-state index is 12.4. The quantitative estimate of drug-likeness (QED) is 0.281. The van der Waals surface area contributed by atoms with Crippen LogP contribution in [0, 0.1) is 0 Å². The molecule has 0 saturated heterocycles. The maximum atomic E-state index is 12.4. The standard InChI is InChI=1S/C25H29N5O5S/c1-4-30-21(14-15-26-23(32)17-8-12-20(34-3)13-9-17)28-29-25(30)36-16-22(31)27-19-10-6-18(7-11-19)24(33)35-5-2/h6-13H,4-5,14-16H2,1-3H3,(H,26,32)(H,27,31). The molecule has 2 aromatic carbocycles. The number of nitrogens with zero attached hydrogens (tertiary/aromatic N) is 3. The number of esters is 1. The number of aromatic nitrogens is 3. The Morgan fingerprint density at radius 1 is 0.972 bits per heavy atom. The number of thioether (sulfide) groups is 1. The molecule has 11 heteroatoms. The molecule has 10 nitrogen and oxygen atoms in total. The molecule has 1 heterocycles. The predicted octanol–water partition coefficient (Wildman–Crippen LogP) is 3.19. The van der Waals surface area contributed by atoms with Crippen LogP contribution in [-0.2, 0) is 22.5 Å². The van der Waals surface area contributed by atoms with E-state index < -0.39 is 5.97 Å². The number of rotatable bonds is 12. The van der Waals surface area contributed by atoms with E-state index in [-0.39, 0.29) is 17.6 Å². The summed E-state index contributed by atoms with van der Waals surface area (Å²) in [6.45, 7) is 5.05. The molecule has 0 aliphatic rings. The summed E-state index contributed by atoms with van der Waals surface area (Å²) in [5, 5.41) is 14.7. The van der Waals surface area contributed by atoms with Gasteiger partial charge in [0, 0.05) is 30.8 Å². The summed E-state index contributed by atoms with van der Waals surface area (Å²) in [4.78, 5) is 36.5. The number of benzene rings is 2. The van der Waals surface area contributed by atoms with E-state index >= 15 is 0 Å². The summed E-state index contributed by atoms with van der Waals surface area (Å²) in [5.41, 5.74) is 1.55. The lowest BCUT2D eigenvalue weighted by Gasteiger charge is -2.09. The minimum absolute atomic E-state index is 0.145. The largest absolute Gasteiger partial charge is 0.497 e. The fraction of sp³-hybridized carbons (Fsp3) is 0.320. The van der Waals surface area contributed by atoms with Gasteiger partial charge >= 0.3 is 5.97 Å². The number of methoxy groups -OCH3 is 1. The van der Waals surface area contributed by atoms with Gasteiger partial charge in [0.25, 0.3) is 5.91 Å². The lowest BCUT2D eigenvalue weighted by Crippen LogP contribution is -2.26. The molecule has 0 aliphatic heterocycles. The molecule has 2 amide bonds. The van der Waals surface area contributed by atoms with Crippen LogP contribution in [0.15, 0.2) is 53.7 Å². The Kier molecular flexibility index (Phi) is 9.87. The summed E-state index contributed by atoms with van der Waals surface area (Å²) in [7, 11) is 1.57. The van der Waals surface area contributed by atoms with Crippen molar-refractivity contribution in [2.24, 2.45) is 0 Å². The van der Waals surface area contributed by atoms with E-state index in [1.54, 1.807) is 62.6 Å². The van der Waals surface area contributed by atoms with E-state index in [1.165, 1.54) is 11.8 Å². The molecule has 0 atom stereocenters. The molecule has 0 radical (unpaired) electrons. The molecule has 0 spiro atoms. The zero-order valence-corrected chi connectivity index (χ0v) is 21.3. The van der Waals surface area contributed by atoms with Gasteiger partial charge in [-0.2, -0.15) is 0 Å². The zero-order chi connectivity index (χ0) is 25.9. The summed E-state index contributed by atoms with van der Waals surface area (Å²) in [5.74, 6) is 0.773. The van der Waals surface area contributed by atoms with Crippen molar-refractivity contribution in [1.29, 1.82) is 0 Å². The molecule has 36 heavy (non-hydrogen) atoms. The van der Waals surface area contributed by atoms with Crippen molar-refractivity contribution in [3.8, 4) is 5.75 Å². The van der Waals surface area contributed by atoms with Gasteiger partial charge < -0.3 is 24.7 Å². The van der Waals surface area contributed by atoms with Crippen molar-refractivity contribution in [1.82, 2.24) is 20.1 Å². The molecular formula is C25H29N5O5S. The third kappa shape index (κ3) is 7.32. The highest BCUT2D eigenvalue weighted by atomic mass is 32.2. The average molecular weight is 512 g/mol. The Labute approximate surface area is 213 Å². The molecule has 2 N–H and O–H groups in total. The SMILES string of the molecule is CCOC(=O)c1ccc(NC(=O)CSc2nnc(CCNC(=O)c3ccc(OC)cc3)n2CC)cc1. The van der Waals surface area contributed by atoms with Gasteiger partial charge in [0.2, 0.25) is 5.91 Å². The number of carbonyl (C=O) groups excluding carboxylic acids is 3. The van der Waals surface area contributed by atoms with Crippen LogP contribution in [0.2, 0.25) is 0 Å². The second-order valence-corrected chi connectivity index (χ2v) is 8.45. The lowest BCUT2D eigenvalue weighted by molar-refractivity contribution is -0.113. The Morgan fingerprint density at radius 2 is 1.67 bits per heavy atom. The number of nitrogens with one attached hydrogen (secondary N) is 2. The number of amides is 2. The van der Waals surface area contributed by atoms with Crippen molar-refractivity contribution >= 4 is 35.2 Å². The first-order chi connectivity index (χ1) is 17.4. The van der Waals surface area contributed by atoms with E-state index in [0.29, 0.717) is 53.8 Å². The van der Waals surface area contributed by atoms with Crippen LogP contribution in [0.5, 0.6) is 5.75 Å². The number of carbonyl (C=O) groups is 3. The second kappa shape index (κ2) is 13.3. The van der Waals surface area contributed by atoms with Gasteiger partial charge in [-0.3, -0.25) is 9.59 Å². The third-order valence-corrected chi connectivity index (χ3v) is 6.07. The molecule has 3 rings (SSSR count). The van der Waals surface area contributed by atoms with E-state index in [4.69, 9.17) is 9.47 Å². The Balaban J connectivity index is 1.48.